The normalized spacial score (nSPS) is 20.6. The summed E-state index contributed by atoms with van der Waals surface area (Å²) in [6.07, 6.45) is 6.22. The molecule has 1 saturated heterocycles. The molecule has 16 heavy (non-hydrogen) atoms. The Hall–Kier alpha value is -1.13. The van der Waals surface area contributed by atoms with Crippen LogP contribution in [0.5, 0.6) is 0 Å². The van der Waals surface area contributed by atoms with Gasteiger partial charge in [-0.1, -0.05) is 0 Å². The number of rotatable bonds is 5. The van der Waals surface area contributed by atoms with Gasteiger partial charge in [-0.2, -0.15) is 0 Å². The van der Waals surface area contributed by atoms with E-state index in [9.17, 15) is 0 Å². The van der Waals surface area contributed by atoms with E-state index < -0.39 is 0 Å². The molecule has 1 aliphatic rings. The minimum Gasteiger partial charge on any atom is -0.383 e. The minimum atomic E-state index is 0.643. The summed E-state index contributed by atoms with van der Waals surface area (Å²) < 4.78 is 0. The van der Waals surface area contributed by atoms with Gasteiger partial charge in [0.2, 0.25) is 0 Å². The zero-order valence-electron chi connectivity index (χ0n) is 9.58. The van der Waals surface area contributed by atoms with Gasteiger partial charge in [0.15, 0.2) is 0 Å². The molecule has 1 aromatic heterocycles. The van der Waals surface area contributed by atoms with Crippen molar-refractivity contribution in [2.24, 2.45) is 0 Å². The Morgan fingerprint density at radius 1 is 1.44 bits per heavy atom. The molecular weight excluding hydrogens is 200 g/mol. The van der Waals surface area contributed by atoms with E-state index in [1.54, 1.807) is 6.20 Å². The highest BCUT2D eigenvalue weighted by Crippen LogP contribution is 2.02. The smallest absolute Gasteiger partial charge is 0.0527 e. The zero-order chi connectivity index (χ0) is 11.1. The monoisotopic (exact) mass is 220 g/mol. The van der Waals surface area contributed by atoms with Crippen LogP contribution in [-0.2, 0) is 0 Å². The SMILES string of the molecule is c1cncc(NCCNC2CCCNC2)c1. The molecule has 2 rings (SSSR count). The number of nitrogens with zero attached hydrogens (tertiary/aromatic N) is 1. The van der Waals surface area contributed by atoms with Crippen LogP contribution in [-0.4, -0.2) is 37.2 Å². The van der Waals surface area contributed by atoms with E-state index in [1.807, 2.05) is 18.3 Å². The van der Waals surface area contributed by atoms with Gasteiger partial charge in [-0.15, -0.1) is 0 Å². The lowest BCUT2D eigenvalue weighted by Crippen LogP contribution is -2.44. The average molecular weight is 220 g/mol. The largest absolute Gasteiger partial charge is 0.383 e. The summed E-state index contributed by atoms with van der Waals surface area (Å²) in [5, 5.41) is 10.3. The van der Waals surface area contributed by atoms with Gasteiger partial charge in [0.25, 0.3) is 0 Å². The number of aromatic nitrogens is 1. The molecule has 0 bridgehead atoms. The van der Waals surface area contributed by atoms with Gasteiger partial charge >= 0.3 is 0 Å². The van der Waals surface area contributed by atoms with Gasteiger partial charge in [-0.05, 0) is 31.5 Å². The quantitative estimate of drug-likeness (QED) is 0.644. The first-order valence-corrected chi connectivity index (χ1v) is 6.03. The lowest BCUT2D eigenvalue weighted by molar-refractivity contribution is 0.395. The van der Waals surface area contributed by atoms with Crippen molar-refractivity contribution >= 4 is 5.69 Å². The predicted molar refractivity (Wildman–Crippen MR) is 66.6 cm³/mol. The van der Waals surface area contributed by atoms with Crippen molar-refractivity contribution in [3.63, 3.8) is 0 Å². The lowest BCUT2D eigenvalue weighted by Gasteiger charge is -2.24. The first-order valence-electron chi connectivity index (χ1n) is 6.03. The van der Waals surface area contributed by atoms with Crippen molar-refractivity contribution in [2.45, 2.75) is 18.9 Å². The molecule has 88 valence electrons. The fourth-order valence-corrected chi connectivity index (χ4v) is 1.98. The van der Waals surface area contributed by atoms with E-state index in [2.05, 4.69) is 20.9 Å². The second-order valence-electron chi connectivity index (χ2n) is 4.17. The maximum atomic E-state index is 4.06. The molecular formula is C12H20N4. The molecule has 1 atom stereocenters. The Bertz CT molecular complexity index is 282. The van der Waals surface area contributed by atoms with Crippen molar-refractivity contribution in [3.8, 4) is 0 Å². The van der Waals surface area contributed by atoms with Gasteiger partial charge in [0, 0.05) is 38.1 Å². The van der Waals surface area contributed by atoms with Crippen LogP contribution in [0.3, 0.4) is 0 Å². The van der Waals surface area contributed by atoms with Crippen LogP contribution >= 0.6 is 0 Å². The van der Waals surface area contributed by atoms with Crippen LogP contribution in [0, 0.1) is 0 Å². The van der Waals surface area contributed by atoms with Crippen molar-refractivity contribution in [1.82, 2.24) is 15.6 Å². The number of hydrogen-bond acceptors (Lipinski definition) is 4. The second-order valence-corrected chi connectivity index (χ2v) is 4.17. The summed E-state index contributed by atoms with van der Waals surface area (Å²) in [6, 6.07) is 4.63. The van der Waals surface area contributed by atoms with Crippen LogP contribution in [0.1, 0.15) is 12.8 Å². The Balaban J connectivity index is 1.58. The van der Waals surface area contributed by atoms with E-state index in [0.29, 0.717) is 6.04 Å². The minimum absolute atomic E-state index is 0.643. The average Bonchev–Trinajstić information content (AvgIpc) is 2.37. The van der Waals surface area contributed by atoms with Gasteiger partial charge in [-0.25, -0.2) is 0 Å². The molecule has 0 saturated carbocycles. The summed E-state index contributed by atoms with van der Waals surface area (Å²) in [4.78, 5) is 4.06. The molecule has 0 aliphatic carbocycles. The van der Waals surface area contributed by atoms with Crippen LogP contribution in [0.15, 0.2) is 24.5 Å². The Labute approximate surface area is 96.8 Å². The summed E-state index contributed by atoms with van der Waals surface area (Å²) in [7, 11) is 0. The molecule has 0 spiro atoms. The standard InChI is InChI=1S/C12H20N4/c1-3-11(9-13-5-1)15-7-8-16-12-4-2-6-14-10-12/h1,3,5,9,12,14-16H,2,4,6-8,10H2. The third-order valence-electron chi connectivity index (χ3n) is 2.85. The van der Waals surface area contributed by atoms with Gasteiger partial charge in [-0.3, -0.25) is 4.98 Å². The fraction of sp³-hybridized carbons (Fsp3) is 0.583. The number of nitrogens with one attached hydrogen (secondary N) is 3. The molecule has 1 unspecified atom stereocenters. The third-order valence-corrected chi connectivity index (χ3v) is 2.85. The molecule has 1 fully saturated rings. The van der Waals surface area contributed by atoms with Crippen molar-refractivity contribution in [1.29, 1.82) is 0 Å². The van der Waals surface area contributed by atoms with Gasteiger partial charge < -0.3 is 16.0 Å². The molecule has 0 aromatic carbocycles. The maximum absolute atomic E-state index is 4.06. The summed E-state index contributed by atoms with van der Waals surface area (Å²) in [6.45, 7) is 4.22. The van der Waals surface area contributed by atoms with Crippen molar-refractivity contribution in [2.75, 3.05) is 31.5 Å². The Kier molecular flexibility index (Phi) is 4.58. The first-order chi connectivity index (χ1) is 7.95. The van der Waals surface area contributed by atoms with Gasteiger partial charge in [0.05, 0.1) is 5.69 Å². The zero-order valence-corrected chi connectivity index (χ0v) is 9.58. The first kappa shape index (κ1) is 11.4. The maximum Gasteiger partial charge on any atom is 0.0527 e. The topological polar surface area (TPSA) is 49.0 Å². The molecule has 1 aromatic rings. The number of pyridine rings is 1. The summed E-state index contributed by atoms with van der Waals surface area (Å²) >= 11 is 0. The van der Waals surface area contributed by atoms with Crippen LogP contribution in [0.4, 0.5) is 5.69 Å². The van der Waals surface area contributed by atoms with E-state index in [4.69, 9.17) is 0 Å². The van der Waals surface area contributed by atoms with E-state index in [0.717, 1.165) is 25.3 Å². The highest BCUT2D eigenvalue weighted by Gasteiger charge is 2.10. The van der Waals surface area contributed by atoms with Crippen LogP contribution < -0.4 is 16.0 Å². The fourth-order valence-electron chi connectivity index (χ4n) is 1.98. The summed E-state index contributed by atoms with van der Waals surface area (Å²) in [5.41, 5.74) is 1.09. The summed E-state index contributed by atoms with van der Waals surface area (Å²) in [5.74, 6) is 0. The number of hydrogen-bond donors (Lipinski definition) is 3. The predicted octanol–water partition coefficient (Wildman–Crippen LogP) is 0.835. The Morgan fingerprint density at radius 2 is 2.44 bits per heavy atom. The molecule has 4 heteroatoms. The molecule has 2 heterocycles. The Morgan fingerprint density at radius 3 is 3.19 bits per heavy atom. The second kappa shape index (κ2) is 6.45. The van der Waals surface area contributed by atoms with E-state index in [-0.39, 0.29) is 0 Å². The highest BCUT2D eigenvalue weighted by atomic mass is 15.0. The van der Waals surface area contributed by atoms with Crippen molar-refractivity contribution < 1.29 is 0 Å². The van der Waals surface area contributed by atoms with E-state index >= 15 is 0 Å². The van der Waals surface area contributed by atoms with Crippen LogP contribution in [0.2, 0.25) is 0 Å². The molecule has 3 N–H and O–H groups in total. The van der Waals surface area contributed by atoms with E-state index in [1.165, 1.54) is 19.4 Å². The van der Waals surface area contributed by atoms with Crippen molar-refractivity contribution in [3.05, 3.63) is 24.5 Å². The molecule has 0 amide bonds. The lowest BCUT2D eigenvalue weighted by atomic mass is 10.1. The molecule has 1 aliphatic heterocycles. The number of anilines is 1. The van der Waals surface area contributed by atoms with Crippen LogP contribution in [0.25, 0.3) is 0 Å². The third kappa shape index (κ3) is 3.79. The number of piperidine rings is 1. The molecule has 0 radical (unpaired) electrons. The van der Waals surface area contributed by atoms with Gasteiger partial charge in [0.1, 0.15) is 0 Å². The highest BCUT2D eigenvalue weighted by molar-refractivity contribution is 5.39. The molecule has 4 nitrogen and oxygen atoms in total.